The Morgan fingerprint density at radius 2 is 2.09 bits per heavy atom. The molecule has 0 aromatic carbocycles. The summed E-state index contributed by atoms with van der Waals surface area (Å²) in [6.07, 6.45) is 4.33. The molecule has 0 aliphatic heterocycles. The molecule has 8 heteroatoms. The van der Waals surface area contributed by atoms with Crippen LogP contribution >= 0.6 is 12.4 Å². The van der Waals surface area contributed by atoms with Crippen molar-refractivity contribution in [3.05, 3.63) is 11.6 Å². The van der Waals surface area contributed by atoms with Crippen molar-refractivity contribution >= 4 is 18.3 Å². The van der Waals surface area contributed by atoms with Gasteiger partial charge in [0.25, 0.3) is 0 Å². The minimum absolute atomic E-state index is 0. The highest BCUT2D eigenvalue weighted by molar-refractivity contribution is 5.85. The van der Waals surface area contributed by atoms with Gasteiger partial charge < -0.3 is 15.8 Å². The van der Waals surface area contributed by atoms with Crippen molar-refractivity contribution in [1.29, 1.82) is 0 Å². The first-order valence-electron chi connectivity index (χ1n) is 8.11. The molecular formula is C15H28ClN5O2. The van der Waals surface area contributed by atoms with Crippen molar-refractivity contribution in [3.63, 3.8) is 0 Å². The van der Waals surface area contributed by atoms with E-state index < -0.39 is 0 Å². The number of nitrogens with two attached hydrogens (primary N) is 1. The Morgan fingerprint density at radius 3 is 2.70 bits per heavy atom. The summed E-state index contributed by atoms with van der Waals surface area (Å²) < 4.78 is 7.33. The molecule has 0 saturated heterocycles. The van der Waals surface area contributed by atoms with E-state index in [9.17, 15) is 4.79 Å². The SMILES string of the molecule is CCOCCn1nc(CC(=O)NC)nc1C1CCC(N)CC1.Cl. The van der Waals surface area contributed by atoms with Gasteiger partial charge in [-0.1, -0.05) is 0 Å². The van der Waals surface area contributed by atoms with Gasteiger partial charge in [-0.25, -0.2) is 9.67 Å². The standard InChI is InChI=1S/C15H27N5O2.ClH/c1-3-22-9-8-20-15(11-4-6-12(16)7-5-11)18-13(19-20)10-14(21)17-2;/h11-12H,3-10,16H2,1-2H3,(H,17,21);1H. The number of rotatable bonds is 7. The van der Waals surface area contributed by atoms with Gasteiger partial charge in [0.05, 0.1) is 19.6 Å². The minimum Gasteiger partial charge on any atom is -0.380 e. The molecule has 1 heterocycles. The van der Waals surface area contributed by atoms with Crippen molar-refractivity contribution in [2.24, 2.45) is 5.73 Å². The highest BCUT2D eigenvalue weighted by Gasteiger charge is 2.25. The fourth-order valence-electron chi connectivity index (χ4n) is 2.85. The Bertz CT molecular complexity index is 486. The van der Waals surface area contributed by atoms with Gasteiger partial charge in [-0.05, 0) is 32.6 Å². The van der Waals surface area contributed by atoms with Crippen molar-refractivity contribution in [2.75, 3.05) is 20.3 Å². The molecule has 7 nitrogen and oxygen atoms in total. The molecule has 2 rings (SSSR count). The molecular weight excluding hydrogens is 318 g/mol. The van der Waals surface area contributed by atoms with E-state index in [2.05, 4.69) is 15.4 Å². The van der Waals surface area contributed by atoms with Crippen LogP contribution in [0.4, 0.5) is 0 Å². The van der Waals surface area contributed by atoms with Crippen LogP contribution in [0.3, 0.4) is 0 Å². The van der Waals surface area contributed by atoms with Gasteiger partial charge in [0, 0.05) is 25.6 Å². The van der Waals surface area contributed by atoms with Crippen LogP contribution < -0.4 is 11.1 Å². The van der Waals surface area contributed by atoms with Gasteiger partial charge in [0.15, 0.2) is 5.82 Å². The molecule has 1 aliphatic carbocycles. The maximum Gasteiger partial charge on any atom is 0.227 e. The Kier molecular flexibility index (Phi) is 8.51. The van der Waals surface area contributed by atoms with Gasteiger partial charge in [-0.15, -0.1) is 12.4 Å². The van der Waals surface area contributed by atoms with E-state index in [1.165, 1.54) is 0 Å². The van der Waals surface area contributed by atoms with E-state index in [1.807, 2.05) is 11.6 Å². The van der Waals surface area contributed by atoms with Crippen LogP contribution in [0.25, 0.3) is 0 Å². The van der Waals surface area contributed by atoms with Crippen LogP contribution in [-0.4, -0.2) is 47.0 Å². The first-order valence-corrected chi connectivity index (χ1v) is 8.11. The lowest BCUT2D eigenvalue weighted by Crippen LogP contribution is -2.27. The fraction of sp³-hybridized carbons (Fsp3) is 0.800. The number of ether oxygens (including phenoxy) is 1. The number of halogens is 1. The zero-order chi connectivity index (χ0) is 15.9. The third-order valence-corrected chi connectivity index (χ3v) is 4.13. The van der Waals surface area contributed by atoms with Gasteiger partial charge in [-0.3, -0.25) is 4.79 Å². The van der Waals surface area contributed by atoms with E-state index >= 15 is 0 Å². The molecule has 132 valence electrons. The molecule has 1 amide bonds. The zero-order valence-electron chi connectivity index (χ0n) is 14.0. The molecule has 0 radical (unpaired) electrons. The van der Waals surface area contributed by atoms with E-state index in [4.69, 9.17) is 10.5 Å². The summed E-state index contributed by atoms with van der Waals surface area (Å²) in [5.41, 5.74) is 5.98. The van der Waals surface area contributed by atoms with E-state index in [-0.39, 0.29) is 24.7 Å². The molecule has 0 bridgehead atoms. The van der Waals surface area contributed by atoms with Crippen molar-refractivity contribution in [3.8, 4) is 0 Å². The molecule has 1 saturated carbocycles. The quantitative estimate of drug-likeness (QED) is 0.719. The molecule has 1 aromatic heterocycles. The molecule has 3 N–H and O–H groups in total. The lowest BCUT2D eigenvalue weighted by atomic mass is 9.86. The molecule has 1 aromatic rings. The number of aromatic nitrogens is 3. The van der Waals surface area contributed by atoms with Gasteiger partial charge >= 0.3 is 0 Å². The second kappa shape index (κ2) is 9.85. The number of hydrogen-bond acceptors (Lipinski definition) is 5. The number of nitrogens with one attached hydrogen (secondary N) is 1. The maximum atomic E-state index is 11.5. The Hall–Kier alpha value is -1.18. The van der Waals surface area contributed by atoms with Crippen LogP contribution in [-0.2, 0) is 22.5 Å². The first-order chi connectivity index (χ1) is 10.6. The van der Waals surface area contributed by atoms with Crippen LogP contribution in [0.15, 0.2) is 0 Å². The van der Waals surface area contributed by atoms with Crippen LogP contribution in [0.2, 0.25) is 0 Å². The lowest BCUT2D eigenvalue weighted by Gasteiger charge is -2.25. The van der Waals surface area contributed by atoms with Crippen LogP contribution in [0, 0.1) is 0 Å². The summed E-state index contributed by atoms with van der Waals surface area (Å²) in [5, 5.41) is 7.11. The molecule has 1 aliphatic rings. The third kappa shape index (κ3) is 5.75. The maximum absolute atomic E-state index is 11.5. The Balaban J connectivity index is 0.00000264. The molecule has 23 heavy (non-hydrogen) atoms. The second-order valence-electron chi connectivity index (χ2n) is 5.77. The molecule has 0 unspecified atom stereocenters. The summed E-state index contributed by atoms with van der Waals surface area (Å²) in [4.78, 5) is 16.2. The topological polar surface area (TPSA) is 95.1 Å². The predicted molar refractivity (Wildman–Crippen MR) is 90.7 cm³/mol. The number of carbonyl (C=O) groups excluding carboxylic acids is 1. The summed E-state index contributed by atoms with van der Waals surface area (Å²) in [7, 11) is 1.62. The van der Waals surface area contributed by atoms with Crippen molar-refractivity contribution in [1.82, 2.24) is 20.1 Å². The summed E-state index contributed by atoms with van der Waals surface area (Å²) in [5.74, 6) is 1.87. The lowest BCUT2D eigenvalue weighted by molar-refractivity contribution is -0.120. The number of nitrogens with zero attached hydrogens (tertiary/aromatic N) is 3. The van der Waals surface area contributed by atoms with E-state index in [1.54, 1.807) is 7.05 Å². The largest absolute Gasteiger partial charge is 0.380 e. The number of amides is 1. The van der Waals surface area contributed by atoms with Gasteiger partial charge in [0.2, 0.25) is 5.91 Å². The van der Waals surface area contributed by atoms with Crippen molar-refractivity contribution < 1.29 is 9.53 Å². The Labute approximate surface area is 143 Å². The van der Waals surface area contributed by atoms with Gasteiger partial charge in [-0.2, -0.15) is 5.10 Å². The summed E-state index contributed by atoms with van der Waals surface area (Å²) >= 11 is 0. The zero-order valence-corrected chi connectivity index (χ0v) is 14.8. The van der Waals surface area contributed by atoms with E-state index in [0.29, 0.717) is 37.5 Å². The molecule has 0 atom stereocenters. The fourth-order valence-corrected chi connectivity index (χ4v) is 2.85. The molecule has 1 fully saturated rings. The normalized spacial score (nSPS) is 20.8. The smallest absolute Gasteiger partial charge is 0.227 e. The average Bonchev–Trinajstić information content (AvgIpc) is 2.91. The summed E-state index contributed by atoms with van der Waals surface area (Å²) in [6, 6.07) is 0.307. The van der Waals surface area contributed by atoms with Gasteiger partial charge in [0.1, 0.15) is 5.82 Å². The average molecular weight is 346 g/mol. The summed E-state index contributed by atoms with van der Waals surface area (Å²) in [6.45, 7) is 3.94. The monoisotopic (exact) mass is 345 g/mol. The van der Waals surface area contributed by atoms with Crippen LogP contribution in [0.1, 0.15) is 50.2 Å². The number of hydrogen-bond donors (Lipinski definition) is 2. The number of likely N-dealkylation sites (N-methyl/N-ethyl adjacent to an activating group) is 1. The first kappa shape index (κ1) is 19.9. The highest BCUT2D eigenvalue weighted by atomic mass is 35.5. The minimum atomic E-state index is -0.0702. The van der Waals surface area contributed by atoms with Crippen molar-refractivity contribution in [2.45, 2.75) is 57.5 Å². The Morgan fingerprint density at radius 1 is 1.39 bits per heavy atom. The predicted octanol–water partition coefficient (Wildman–Crippen LogP) is 1.01. The third-order valence-electron chi connectivity index (χ3n) is 4.13. The van der Waals surface area contributed by atoms with E-state index in [0.717, 1.165) is 31.5 Å². The molecule has 0 spiro atoms. The number of carbonyl (C=O) groups is 1. The van der Waals surface area contributed by atoms with Crippen LogP contribution in [0.5, 0.6) is 0 Å². The second-order valence-corrected chi connectivity index (χ2v) is 5.77. The highest BCUT2D eigenvalue weighted by Crippen LogP contribution is 2.31.